The molecule has 80 valence electrons. The van der Waals surface area contributed by atoms with Gasteiger partial charge in [0.1, 0.15) is 0 Å². The van der Waals surface area contributed by atoms with Gasteiger partial charge in [-0.1, -0.05) is 30.3 Å². The molecule has 0 bridgehead atoms. The van der Waals surface area contributed by atoms with Gasteiger partial charge in [-0.15, -0.1) is 0 Å². The lowest BCUT2D eigenvalue weighted by Crippen LogP contribution is -2.36. The third kappa shape index (κ3) is 2.57. The molecule has 2 rings (SSSR count). The minimum Gasteiger partial charge on any atom is -0.368 e. The van der Waals surface area contributed by atoms with Crippen LogP contribution in [0.15, 0.2) is 30.3 Å². The Labute approximate surface area is 89.7 Å². The topological polar surface area (TPSA) is 55.1 Å². The lowest BCUT2D eigenvalue weighted by atomic mass is 9.97. The third-order valence-electron chi connectivity index (χ3n) is 2.93. The first-order valence-electron chi connectivity index (χ1n) is 5.32. The Balaban J connectivity index is 1.90. The van der Waals surface area contributed by atoms with Gasteiger partial charge >= 0.3 is 0 Å². The van der Waals surface area contributed by atoms with E-state index in [1.807, 2.05) is 18.2 Å². The highest BCUT2D eigenvalue weighted by molar-refractivity contribution is 5.80. The SMILES string of the molecule is NC(=O)C1CC(Cc2ccccc2)CN1. The fraction of sp³-hybridized carbons (Fsp3) is 0.417. The number of primary amides is 1. The van der Waals surface area contributed by atoms with E-state index in [1.54, 1.807) is 0 Å². The van der Waals surface area contributed by atoms with Crippen LogP contribution in [0.25, 0.3) is 0 Å². The lowest BCUT2D eigenvalue weighted by Gasteiger charge is -2.08. The quantitative estimate of drug-likeness (QED) is 0.761. The fourth-order valence-corrected chi connectivity index (χ4v) is 2.13. The van der Waals surface area contributed by atoms with Crippen molar-refractivity contribution in [2.75, 3.05) is 6.54 Å². The lowest BCUT2D eigenvalue weighted by molar-refractivity contribution is -0.119. The molecule has 1 aromatic carbocycles. The second-order valence-corrected chi connectivity index (χ2v) is 4.15. The molecular formula is C12H16N2O. The summed E-state index contributed by atoms with van der Waals surface area (Å²) in [5.74, 6) is 0.301. The molecule has 1 heterocycles. The Morgan fingerprint density at radius 1 is 1.40 bits per heavy atom. The molecule has 1 amide bonds. The van der Waals surface area contributed by atoms with Crippen molar-refractivity contribution < 1.29 is 4.79 Å². The van der Waals surface area contributed by atoms with Crippen LogP contribution in [0.4, 0.5) is 0 Å². The smallest absolute Gasteiger partial charge is 0.234 e. The molecule has 15 heavy (non-hydrogen) atoms. The second kappa shape index (κ2) is 4.45. The van der Waals surface area contributed by atoms with Gasteiger partial charge in [-0.05, 0) is 30.9 Å². The average Bonchev–Trinajstić information content (AvgIpc) is 2.68. The van der Waals surface area contributed by atoms with Gasteiger partial charge in [0, 0.05) is 0 Å². The molecule has 3 N–H and O–H groups in total. The van der Waals surface area contributed by atoms with E-state index < -0.39 is 0 Å². The minimum absolute atomic E-state index is 0.126. The number of benzene rings is 1. The number of rotatable bonds is 3. The van der Waals surface area contributed by atoms with Crippen molar-refractivity contribution in [2.24, 2.45) is 11.7 Å². The Morgan fingerprint density at radius 3 is 2.73 bits per heavy atom. The zero-order chi connectivity index (χ0) is 10.7. The molecule has 0 saturated carbocycles. The van der Waals surface area contributed by atoms with Crippen molar-refractivity contribution in [1.82, 2.24) is 5.32 Å². The summed E-state index contributed by atoms with van der Waals surface area (Å²) in [4.78, 5) is 11.0. The zero-order valence-electron chi connectivity index (χ0n) is 8.65. The van der Waals surface area contributed by atoms with Gasteiger partial charge in [-0.3, -0.25) is 4.79 Å². The van der Waals surface area contributed by atoms with Crippen molar-refractivity contribution in [3.63, 3.8) is 0 Å². The molecule has 0 spiro atoms. The molecule has 1 aliphatic rings. The number of carbonyl (C=O) groups excluding carboxylic acids is 1. The van der Waals surface area contributed by atoms with Gasteiger partial charge in [0.05, 0.1) is 6.04 Å². The molecule has 0 aromatic heterocycles. The molecule has 1 saturated heterocycles. The second-order valence-electron chi connectivity index (χ2n) is 4.15. The number of hydrogen-bond donors (Lipinski definition) is 2. The molecular weight excluding hydrogens is 188 g/mol. The maximum Gasteiger partial charge on any atom is 0.234 e. The molecule has 0 aliphatic carbocycles. The highest BCUT2D eigenvalue weighted by Crippen LogP contribution is 2.18. The summed E-state index contributed by atoms with van der Waals surface area (Å²) in [7, 11) is 0. The first-order chi connectivity index (χ1) is 7.25. The maximum absolute atomic E-state index is 11.0. The normalized spacial score (nSPS) is 25.3. The van der Waals surface area contributed by atoms with Crippen molar-refractivity contribution in [3.05, 3.63) is 35.9 Å². The summed E-state index contributed by atoms with van der Waals surface area (Å²) >= 11 is 0. The number of amides is 1. The Morgan fingerprint density at radius 2 is 2.13 bits per heavy atom. The first-order valence-corrected chi connectivity index (χ1v) is 5.32. The van der Waals surface area contributed by atoms with Gasteiger partial charge in [-0.25, -0.2) is 0 Å². The van der Waals surface area contributed by atoms with Gasteiger partial charge in [0.25, 0.3) is 0 Å². The van der Waals surface area contributed by atoms with Gasteiger partial charge in [-0.2, -0.15) is 0 Å². The van der Waals surface area contributed by atoms with E-state index in [4.69, 9.17) is 5.73 Å². The monoisotopic (exact) mass is 204 g/mol. The van der Waals surface area contributed by atoms with E-state index in [2.05, 4.69) is 17.4 Å². The molecule has 0 radical (unpaired) electrons. The van der Waals surface area contributed by atoms with Crippen molar-refractivity contribution >= 4 is 5.91 Å². The number of nitrogens with one attached hydrogen (secondary N) is 1. The van der Waals surface area contributed by atoms with E-state index in [0.717, 1.165) is 19.4 Å². The fourth-order valence-electron chi connectivity index (χ4n) is 2.13. The van der Waals surface area contributed by atoms with Crippen LogP contribution in [0.1, 0.15) is 12.0 Å². The summed E-state index contributed by atoms with van der Waals surface area (Å²) in [6, 6.07) is 10.2. The van der Waals surface area contributed by atoms with Crippen LogP contribution in [0.2, 0.25) is 0 Å². The number of hydrogen-bond acceptors (Lipinski definition) is 2. The van der Waals surface area contributed by atoms with Gasteiger partial charge < -0.3 is 11.1 Å². The highest BCUT2D eigenvalue weighted by Gasteiger charge is 2.27. The van der Waals surface area contributed by atoms with E-state index >= 15 is 0 Å². The van der Waals surface area contributed by atoms with Crippen molar-refractivity contribution in [2.45, 2.75) is 18.9 Å². The van der Waals surface area contributed by atoms with Crippen molar-refractivity contribution in [3.8, 4) is 0 Å². The van der Waals surface area contributed by atoms with Crippen LogP contribution in [-0.4, -0.2) is 18.5 Å². The van der Waals surface area contributed by atoms with Crippen LogP contribution >= 0.6 is 0 Å². The van der Waals surface area contributed by atoms with Crippen LogP contribution in [0.3, 0.4) is 0 Å². The zero-order valence-corrected chi connectivity index (χ0v) is 8.65. The molecule has 3 heteroatoms. The van der Waals surface area contributed by atoms with Crippen molar-refractivity contribution in [1.29, 1.82) is 0 Å². The molecule has 3 nitrogen and oxygen atoms in total. The number of carbonyl (C=O) groups is 1. The molecule has 1 fully saturated rings. The minimum atomic E-state index is -0.231. The number of nitrogens with two attached hydrogens (primary N) is 1. The van der Waals surface area contributed by atoms with Gasteiger partial charge in [0.15, 0.2) is 0 Å². The Hall–Kier alpha value is -1.35. The van der Waals surface area contributed by atoms with E-state index in [0.29, 0.717) is 5.92 Å². The van der Waals surface area contributed by atoms with E-state index in [1.165, 1.54) is 5.56 Å². The largest absolute Gasteiger partial charge is 0.368 e. The summed E-state index contributed by atoms with van der Waals surface area (Å²) < 4.78 is 0. The predicted octanol–water partition coefficient (Wildman–Crippen LogP) is 0.692. The summed E-state index contributed by atoms with van der Waals surface area (Å²) in [6.45, 7) is 0.891. The summed E-state index contributed by atoms with van der Waals surface area (Å²) in [6.07, 6.45) is 1.89. The molecule has 1 aromatic rings. The first kappa shape index (κ1) is 10.2. The predicted molar refractivity (Wildman–Crippen MR) is 59.2 cm³/mol. The molecule has 1 aliphatic heterocycles. The van der Waals surface area contributed by atoms with Crippen LogP contribution in [0.5, 0.6) is 0 Å². The average molecular weight is 204 g/mol. The Bertz CT molecular complexity index is 337. The third-order valence-corrected chi connectivity index (χ3v) is 2.93. The van der Waals surface area contributed by atoms with Gasteiger partial charge in [0.2, 0.25) is 5.91 Å². The Kier molecular flexibility index (Phi) is 3.02. The standard InChI is InChI=1S/C12H16N2O/c13-12(15)11-7-10(8-14-11)6-9-4-2-1-3-5-9/h1-5,10-11,14H,6-8H2,(H2,13,15). The molecule has 2 atom stereocenters. The van der Waals surface area contributed by atoms with Crippen LogP contribution in [0, 0.1) is 5.92 Å². The highest BCUT2D eigenvalue weighted by atomic mass is 16.1. The maximum atomic E-state index is 11.0. The van der Waals surface area contributed by atoms with E-state index in [-0.39, 0.29) is 11.9 Å². The van der Waals surface area contributed by atoms with Crippen LogP contribution < -0.4 is 11.1 Å². The molecule has 2 unspecified atom stereocenters. The van der Waals surface area contributed by atoms with Crippen LogP contribution in [-0.2, 0) is 11.2 Å². The van der Waals surface area contributed by atoms with E-state index in [9.17, 15) is 4.79 Å². The summed E-state index contributed by atoms with van der Waals surface area (Å²) in [5.41, 5.74) is 6.58. The summed E-state index contributed by atoms with van der Waals surface area (Å²) in [5, 5.41) is 3.15.